The Morgan fingerprint density at radius 2 is 2.07 bits per heavy atom. The highest BCUT2D eigenvalue weighted by Crippen LogP contribution is 2.21. The molecule has 150 valence electrons. The third-order valence-electron chi connectivity index (χ3n) is 5.41. The summed E-state index contributed by atoms with van der Waals surface area (Å²) in [5.41, 5.74) is 1.69. The van der Waals surface area contributed by atoms with Gasteiger partial charge in [0, 0.05) is 51.8 Å². The maximum Gasteiger partial charge on any atom is 0.191 e. The monoisotopic (exact) mass is 378 g/mol. The van der Waals surface area contributed by atoms with Gasteiger partial charge >= 0.3 is 0 Å². The molecule has 2 heterocycles. The van der Waals surface area contributed by atoms with Crippen molar-refractivity contribution in [3.63, 3.8) is 0 Å². The van der Waals surface area contributed by atoms with Crippen LogP contribution >= 0.6 is 0 Å². The Morgan fingerprint density at radius 3 is 2.74 bits per heavy atom. The van der Waals surface area contributed by atoms with Crippen molar-refractivity contribution in [2.24, 2.45) is 10.9 Å². The summed E-state index contributed by atoms with van der Waals surface area (Å²) in [4.78, 5) is 6.84. The first-order chi connectivity index (χ1) is 13.2. The van der Waals surface area contributed by atoms with Gasteiger partial charge in [0.05, 0.1) is 19.8 Å². The second-order valence-electron chi connectivity index (χ2n) is 7.23. The highest BCUT2D eigenvalue weighted by molar-refractivity contribution is 5.79. The number of aliphatic imine (C=N–C) groups is 1. The summed E-state index contributed by atoms with van der Waals surface area (Å²) < 4.78 is 24.6. The van der Waals surface area contributed by atoms with Crippen LogP contribution in [0, 0.1) is 18.7 Å². The predicted molar refractivity (Wildman–Crippen MR) is 104 cm³/mol. The van der Waals surface area contributed by atoms with E-state index in [9.17, 15) is 4.39 Å². The molecular weight excluding hydrogens is 347 g/mol. The van der Waals surface area contributed by atoms with Crippen molar-refractivity contribution in [1.82, 2.24) is 15.5 Å². The number of nitrogens with one attached hydrogen (secondary N) is 2. The van der Waals surface area contributed by atoms with Crippen LogP contribution < -0.4 is 10.6 Å². The van der Waals surface area contributed by atoms with Crippen molar-refractivity contribution in [1.29, 1.82) is 0 Å². The minimum Gasteiger partial charge on any atom is -0.381 e. The van der Waals surface area contributed by atoms with E-state index in [0.717, 1.165) is 64.0 Å². The summed E-state index contributed by atoms with van der Waals surface area (Å²) in [5.74, 6) is 1.12. The van der Waals surface area contributed by atoms with Gasteiger partial charge in [-0.1, -0.05) is 12.1 Å². The topological polar surface area (TPSA) is 58.1 Å². The number of rotatable bonds is 6. The number of hydrogen-bond donors (Lipinski definition) is 2. The molecule has 2 atom stereocenters. The van der Waals surface area contributed by atoms with E-state index in [1.54, 1.807) is 20.0 Å². The summed E-state index contributed by atoms with van der Waals surface area (Å²) in [6.07, 6.45) is 1.10. The molecule has 0 aliphatic carbocycles. The highest BCUT2D eigenvalue weighted by atomic mass is 19.1. The Bertz CT molecular complexity index is 628. The standard InChI is InChI=1S/C20H31FN4O2/c1-15-11-16(3-4-18(15)21)12-23-20(22-2)24-13-19(17-5-8-27-14-17)25-6-9-26-10-7-25/h3-4,11,17,19H,5-10,12-14H2,1-2H3,(H2,22,23,24). The van der Waals surface area contributed by atoms with Gasteiger partial charge in [-0.15, -0.1) is 0 Å². The van der Waals surface area contributed by atoms with E-state index in [0.29, 0.717) is 24.1 Å². The van der Waals surface area contributed by atoms with Crippen molar-refractivity contribution in [2.45, 2.75) is 25.9 Å². The summed E-state index contributed by atoms with van der Waals surface area (Å²) in [6.45, 7) is 8.39. The lowest BCUT2D eigenvalue weighted by atomic mass is 9.97. The first-order valence-electron chi connectivity index (χ1n) is 9.76. The second kappa shape index (κ2) is 10.0. The van der Waals surface area contributed by atoms with E-state index in [1.807, 2.05) is 6.07 Å². The van der Waals surface area contributed by atoms with Crippen LogP contribution in [0.2, 0.25) is 0 Å². The number of halogens is 1. The van der Waals surface area contributed by atoms with Crippen molar-refractivity contribution in [2.75, 3.05) is 53.1 Å². The molecule has 2 N–H and O–H groups in total. The number of guanidine groups is 1. The molecule has 0 saturated carbocycles. The molecule has 2 unspecified atom stereocenters. The fraction of sp³-hybridized carbons (Fsp3) is 0.650. The summed E-state index contributed by atoms with van der Waals surface area (Å²) >= 11 is 0. The van der Waals surface area contributed by atoms with E-state index in [2.05, 4.69) is 20.5 Å². The molecule has 2 fully saturated rings. The Labute approximate surface area is 161 Å². The Hall–Kier alpha value is -1.70. The Kier molecular flexibility index (Phi) is 7.43. The molecule has 2 aliphatic heterocycles. The average molecular weight is 378 g/mol. The first-order valence-corrected chi connectivity index (χ1v) is 9.76. The molecule has 1 aromatic rings. The summed E-state index contributed by atoms with van der Waals surface area (Å²) in [6, 6.07) is 5.58. The van der Waals surface area contributed by atoms with Gasteiger partial charge in [-0.3, -0.25) is 9.89 Å². The molecule has 7 heteroatoms. The van der Waals surface area contributed by atoms with Gasteiger partial charge in [-0.05, 0) is 30.5 Å². The van der Waals surface area contributed by atoms with Gasteiger partial charge in [0.2, 0.25) is 0 Å². The lowest BCUT2D eigenvalue weighted by Crippen LogP contribution is -2.53. The number of nitrogens with zero attached hydrogens (tertiary/aromatic N) is 2. The number of benzene rings is 1. The molecule has 0 spiro atoms. The number of ether oxygens (including phenoxy) is 2. The van der Waals surface area contributed by atoms with Crippen molar-refractivity contribution >= 4 is 5.96 Å². The minimum atomic E-state index is -0.173. The molecule has 0 bridgehead atoms. The van der Waals surface area contributed by atoms with E-state index in [1.165, 1.54) is 6.07 Å². The quantitative estimate of drug-likeness (QED) is 0.581. The highest BCUT2D eigenvalue weighted by Gasteiger charge is 2.31. The third kappa shape index (κ3) is 5.64. The normalized spacial score (nSPS) is 22.6. The number of aryl methyl sites for hydroxylation is 1. The molecule has 1 aromatic carbocycles. The van der Waals surface area contributed by atoms with Gasteiger partial charge in [0.25, 0.3) is 0 Å². The van der Waals surface area contributed by atoms with Crippen LogP contribution in [0.1, 0.15) is 17.5 Å². The summed E-state index contributed by atoms with van der Waals surface area (Å²) in [5, 5.41) is 6.79. The fourth-order valence-electron chi connectivity index (χ4n) is 3.78. The van der Waals surface area contributed by atoms with Crippen molar-refractivity contribution < 1.29 is 13.9 Å². The maximum absolute atomic E-state index is 13.4. The molecule has 0 aromatic heterocycles. The molecule has 0 amide bonds. The summed E-state index contributed by atoms with van der Waals surface area (Å²) in [7, 11) is 1.77. The van der Waals surface area contributed by atoms with Crippen LogP contribution in [-0.2, 0) is 16.0 Å². The van der Waals surface area contributed by atoms with E-state index >= 15 is 0 Å². The maximum atomic E-state index is 13.4. The molecule has 6 nitrogen and oxygen atoms in total. The van der Waals surface area contributed by atoms with Gasteiger partial charge in [-0.25, -0.2) is 4.39 Å². The molecule has 0 radical (unpaired) electrons. The zero-order valence-corrected chi connectivity index (χ0v) is 16.3. The van der Waals surface area contributed by atoms with Gasteiger partial charge < -0.3 is 20.1 Å². The number of hydrogen-bond acceptors (Lipinski definition) is 4. The molecule has 3 rings (SSSR count). The van der Waals surface area contributed by atoms with E-state index in [-0.39, 0.29) is 5.82 Å². The Morgan fingerprint density at radius 1 is 1.26 bits per heavy atom. The average Bonchev–Trinajstić information content (AvgIpc) is 3.22. The smallest absolute Gasteiger partial charge is 0.191 e. The predicted octanol–water partition coefficient (Wildman–Crippen LogP) is 1.54. The number of morpholine rings is 1. The van der Waals surface area contributed by atoms with Crippen LogP contribution in [0.4, 0.5) is 4.39 Å². The van der Waals surface area contributed by atoms with Gasteiger partial charge in [0.1, 0.15) is 5.82 Å². The zero-order chi connectivity index (χ0) is 19.1. The SMILES string of the molecule is CN=C(NCc1ccc(F)c(C)c1)NCC(C1CCOC1)N1CCOCC1. The lowest BCUT2D eigenvalue weighted by Gasteiger charge is -2.37. The van der Waals surface area contributed by atoms with Crippen LogP contribution in [0.25, 0.3) is 0 Å². The van der Waals surface area contributed by atoms with Crippen LogP contribution in [-0.4, -0.2) is 70.0 Å². The van der Waals surface area contributed by atoms with Gasteiger partial charge in [0.15, 0.2) is 5.96 Å². The second-order valence-corrected chi connectivity index (χ2v) is 7.23. The first kappa shape index (κ1) is 20.0. The van der Waals surface area contributed by atoms with E-state index in [4.69, 9.17) is 9.47 Å². The van der Waals surface area contributed by atoms with Crippen LogP contribution in [0.5, 0.6) is 0 Å². The molecule has 2 aliphatic rings. The largest absolute Gasteiger partial charge is 0.381 e. The fourth-order valence-corrected chi connectivity index (χ4v) is 3.78. The van der Waals surface area contributed by atoms with Crippen LogP contribution in [0.15, 0.2) is 23.2 Å². The molecule has 27 heavy (non-hydrogen) atoms. The molecular formula is C20H31FN4O2. The van der Waals surface area contributed by atoms with Gasteiger partial charge in [-0.2, -0.15) is 0 Å². The van der Waals surface area contributed by atoms with Crippen molar-refractivity contribution in [3.05, 3.63) is 35.1 Å². The molecule has 2 saturated heterocycles. The van der Waals surface area contributed by atoms with Crippen molar-refractivity contribution in [3.8, 4) is 0 Å². The lowest BCUT2D eigenvalue weighted by molar-refractivity contribution is 0.00246. The minimum absolute atomic E-state index is 0.173. The Balaban J connectivity index is 1.54. The zero-order valence-electron chi connectivity index (χ0n) is 16.3. The third-order valence-corrected chi connectivity index (χ3v) is 5.41. The van der Waals surface area contributed by atoms with E-state index < -0.39 is 0 Å². The van der Waals surface area contributed by atoms with Crippen LogP contribution in [0.3, 0.4) is 0 Å².